The third-order valence-corrected chi connectivity index (χ3v) is 4.39. The van der Waals surface area contributed by atoms with Crippen LogP contribution in [0.4, 0.5) is 0 Å². The van der Waals surface area contributed by atoms with Crippen LogP contribution in [-0.4, -0.2) is 4.98 Å². The number of aryl methyl sites for hydroxylation is 1. The van der Waals surface area contributed by atoms with E-state index < -0.39 is 0 Å². The molecular weight excluding hydrogens is 332 g/mol. The summed E-state index contributed by atoms with van der Waals surface area (Å²) >= 11 is 21.5. The first-order valence-electron chi connectivity index (χ1n) is 4.67. The minimum atomic E-state index is 0.426. The van der Waals surface area contributed by atoms with Crippen LogP contribution in [-0.2, 0) is 6.42 Å². The van der Waals surface area contributed by atoms with E-state index >= 15 is 0 Å². The molecule has 0 fully saturated rings. The summed E-state index contributed by atoms with van der Waals surface area (Å²) in [5, 5.41) is 2.30. The van der Waals surface area contributed by atoms with Crippen LogP contribution in [0.15, 0.2) is 16.6 Å². The summed E-state index contributed by atoms with van der Waals surface area (Å²) in [4.78, 5) is 4.28. The molecular formula is C11H7BrCl3N. The molecule has 0 aliphatic rings. The molecule has 2 rings (SSSR count). The van der Waals surface area contributed by atoms with Crippen molar-refractivity contribution < 1.29 is 0 Å². The Morgan fingerprint density at radius 2 is 1.88 bits per heavy atom. The SMILES string of the molecule is CCc1cc2cc(Br)c(Cl)c(Cl)c2nc1Cl. The Balaban J connectivity index is 2.86. The lowest BCUT2D eigenvalue weighted by atomic mass is 10.1. The molecule has 0 saturated heterocycles. The summed E-state index contributed by atoms with van der Waals surface area (Å²) in [6.45, 7) is 2.03. The highest BCUT2D eigenvalue weighted by Gasteiger charge is 2.12. The summed E-state index contributed by atoms with van der Waals surface area (Å²) in [5.41, 5.74) is 1.64. The van der Waals surface area contributed by atoms with Gasteiger partial charge < -0.3 is 0 Å². The molecule has 0 unspecified atom stereocenters. The molecule has 5 heteroatoms. The molecule has 0 aliphatic heterocycles. The van der Waals surface area contributed by atoms with Crippen molar-refractivity contribution in [2.75, 3.05) is 0 Å². The smallest absolute Gasteiger partial charge is 0.133 e. The Morgan fingerprint density at radius 3 is 2.50 bits per heavy atom. The third-order valence-electron chi connectivity index (χ3n) is 2.35. The molecule has 0 atom stereocenters. The van der Waals surface area contributed by atoms with Gasteiger partial charge in [-0.25, -0.2) is 4.98 Å². The average Bonchev–Trinajstić information content (AvgIpc) is 2.27. The number of fused-ring (bicyclic) bond motifs is 1. The predicted molar refractivity (Wildman–Crippen MR) is 73.9 cm³/mol. The molecule has 1 aromatic carbocycles. The summed E-state index contributed by atoms with van der Waals surface area (Å²) < 4.78 is 0.762. The highest BCUT2D eigenvalue weighted by atomic mass is 79.9. The number of nitrogens with zero attached hydrogens (tertiary/aromatic N) is 1. The second kappa shape index (κ2) is 4.69. The highest BCUT2D eigenvalue weighted by molar-refractivity contribution is 9.10. The molecule has 1 aromatic heterocycles. The van der Waals surface area contributed by atoms with E-state index in [0.717, 1.165) is 21.8 Å². The Labute approximate surface area is 117 Å². The predicted octanol–water partition coefficient (Wildman–Crippen LogP) is 5.52. The van der Waals surface area contributed by atoms with Crippen molar-refractivity contribution in [1.29, 1.82) is 0 Å². The summed E-state index contributed by atoms with van der Waals surface area (Å²) in [7, 11) is 0. The molecule has 16 heavy (non-hydrogen) atoms. The van der Waals surface area contributed by atoms with Crippen molar-refractivity contribution in [3.63, 3.8) is 0 Å². The van der Waals surface area contributed by atoms with Gasteiger partial charge in [-0.1, -0.05) is 41.7 Å². The first-order chi connectivity index (χ1) is 7.54. The minimum Gasteiger partial charge on any atom is -0.234 e. The van der Waals surface area contributed by atoms with Crippen LogP contribution in [0.1, 0.15) is 12.5 Å². The van der Waals surface area contributed by atoms with E-state index in [1.807, 2.05) is 19.1 Å². The Kier molecular flexibility index (Phi) is 3.65. The van der Waals surface area contributed by atoms with Gasteiger partial charge in [-0.15, -0.1) is 0 Å². The van der Waals surface area contributed by atoms with E-state index in [1.165, 1.54) is 0 Å². The van der Waals surface area contributed by atoms with Crippen LogP contribution in [0.5, 0.6) is 0 Å². The van der Waals surface area contributed by atoms with Crippen LogP contribution < -0.4 is 0 Å². The lowest BCUT2D eigenvalue weighted by Gasteiger charge is -2.07. The lowest BCUT2D eigenvalue weighted by Crippen LogP contribution is -1.90. The first-order valence-corrected chi connectivity index (χ1v) is 6.60. The van der Waals surface area contributed by atoms with Crippen molar-refractivity contribution in [1.82, 2.24) is 4.98 Å². The van der Waals surface area contributed by atoms with Crippen LogP contribution in [0.2, 0.25) is 15.2 Å². The third kappa shape index (κ3) is 2.04. The summed E-state index contributed by atoms with van der Waals surface area (Å²) in [5.74, 6) is 0. The quantitative estimate of drug-likeness (QED) is 0.492. The standard InChI is InChI=1S/C11H7BrCl3N/c1-2-5-3-6-4-7(12)8(13)9(14)10(6)16-11(5)15/h3-4H,2H2,1H3. The van der Waals surface area contributed by atoms with E-state index in [-0.39, 0.29) is 0 Å². The zero-order chi connectivity index (χ0) is 11.9. The molecule has 84 valence electrons. The maximum Gasteiger partial charge on any atom is 0.133 e. The van der Waals surface area contributed by atoms with Gasteiger partial charge in [0.15, 0.2) is 0 Å². The Morgan fingerprint density at radius 1 is 1.19 bits per heavy atom. The van der Waals surface area contributed by atoms with Gasteiger partial charge in [0, 0.05) is 9.86 Å². The fourth-order valence-corrected chi connectivity index (χ4v) is 2.72. The van der Waals surface area contributed by atoms with Crippen LogP contribution in [0.3, 0.4) is 0 Å². The maximum atomic E-state index is 6.12. The van der Waals surface area contributed by atoms with Gasteiger partial charge >= 0.3 is 0 Å². The highest BCUT2D eigenvalue weighted by Crippen LogP contribution is 2.37. The molecule has 2 aromatic rings. The van der Waals surface area contributed by atoms with Crippen molar-refractivity contribution in [2.24, 2.45) is 0 Å². The Hall–Kier alpha value is -0.0200. The zero-order valence-electron chi connectivity index (χ0n) is 8.32. The van der Waals surface area contributed by atoms with Crippen LogP contribution >= 0.6 is 50.7 Å². The number of benzene rings is 1. The fraction of sp³-hybridized carbons (Fsp3) is 0.182. The number of hydrogen-bond donors (Lipinski definition) is 0. The van der Waals surface area contributed by atoms with Gasteiger partial charge in [-0.2, -0.15) is 0 Å². The Bertz CT molecular complexity index is 569. The largest absolute Gasteiger partial charge is 0.234 e. The molecule has 0 amide bonds. The first kappa shape index (κ1) is 12.4. The van der Waals surface area contributed by atoms with Crippen LogP contribution in [0.25, 0.3) is 10.9 Å². The molecule has 0 bridgehead atoms. The normalized spacial score (nSPS) is 11.1. The van der Waals surface area contributed by atoms with Crippen molar-refractivity contribution in [3.8, 4) is 0 Å². The topological polar surface area (TPSA) is 12.9 Å². The van der Waals surface area contributed by atoms with Gasteiger partial charge in [0.25, 0.3) is 0 Å². The average molecular weight is 339 g/mol. The maximum absolute atomic E-state index is 6.12. The fourth-order valence-electron chi connectivity index (χ4n) is 1.49. The number of pyridine rings is 1. The molecule has 0 saturated carbocycles. The number of rotatable bonds is 1. The van der Waals surface area contributed by atoms with Crippen molar-refractivity contribution in [3.05, 3.63) is 37.4 Å². The molecule has 1 heterocycles. The van der Waals surface area contributed by atoms with Gasteiger partial charge in [-0.3, -0.25) is 0 Å². The van der Waals surface area contributed by atoms with Crippen molar-refractivity contribution in [2.45, 2.75) is 13.3 Å². The minimum absolute atomic E-state index is 0.426. The van der Waals surface area contributed by atoms with Crippen molar-refractivity contribution >= 4 is 61.6 Å². The van der Waals surface area contributed by atoms with E-state index in [2.05, 4.69) is 20.9 Å². The van der Waals surface area contributed by atoms with E-state index in [4.69, 9.17) is 34.8 Å². The van der Waals surface area contributed by atoms with E-state index in [1.54, 1.807) is 0 Å². The lowest BCUT2D eigenvalue weighted by molar-refractivity contribution is 1.12. The second-order valence-corrected chi connectivity index (χ2v) is 5.32. The number of halogens is 4. The summed E-state index contributed by atoms with van der Waals surface area (Å²) in [6, 6.07) is 3.88. The van der Waals surface area contributed by atoms with E-state index in [0.29, 0.717) is 20.7 Å². The zero-order valence-corrected chi connectivity index (χ0v) is 12.2. The van der Waals surface area contributed by atoms with E-state index in [9.17, 15) is 0 Å². The summed E-state index contributed by atoms with van der Waals surface area (Å²) in [6.07, 6.45) is 0.833. The van der Waals surface area contributed by atoms with Crippen LogP contribution in [0, 0.1) is 0 Å². The molecule has 0 N–H and O–H groups in total. The molecule has 1 nitrogen and oxygen atoms in total. The van der Waals surface area contributed by atoms with Gasteiger partial charge in [-0.05, 0) is 40.0 Å². The van der Waals surface area contributed by atoms with Gasteiger partial charge in [0.1, 0.15) is 5.15 Å². The molecule has 0 aliphatic carbocycles. The van der Waals surface area contributed by atoms with Gasteiger partial charge in [0.05, 0.1) is 15.6 Å². The second-order valence-electron chi connectivity index (χ2n) is 3.35. The molecule has 0 radical (unpaired) electrons. The van der Waals surface area contributed by atoms with Gasteiger partial charge in [0.2, 0.25) is 0 Å². The number of aromatic nitrogens is 1. The monoisotopic (exact) mass is 337 g/mol. The molecule has 0 spiro atoms. The number of hydrogen-bond acceptors (Lipinski definition) is 1.